The minimum Gasteiger partial charge on any atom is -0.384 e. The van der Waals surface area contributed by atoms with Gasteiger partial charge in [0.1, 0.15) is 5.82 Å². The van der Waals surface area contributed by atoms with Crippen LogP contribution in [0.25, 0.3) is 0 Å². The van der Waals surface area contributed by atoms with Crippen molar-refractivity contribution in [2.45, 2.75) is 18.2 Å². The number of fused-ring (bicyclic) bond motifs is 1. The lowest BCUT2D eigenvalue weighted by atomic mass is 10.2. The quantitative estimate of drug-likeness (QED) is 0.916. The molecule has 2 aromatic rings. The number of nitrogens with one attached hydrogen (secondary N) is 2. The summed E-state index contributed by atoms with van der Waals surface area (Å²) in [5.41, 5.74) is 2.83. The van der Waals surface area contributed by atoms with Gasteiger partial charge in [0.15, 0.2) is 0 Å². The van der Waals surface area contributed by atoms with Crippen molar-refractivity contribution in [3.63, 3.8) is 0 Å². The zero-order valence-corrected chi connectivity index (χ0v) is 12.3. The van der Waals surface area contributed by atoms with Gasteiger partial charge in [-0.2, -0.15) is 0 Å². The van der Waals surface area contributed by atoms with Crippen LogP contribution in [0.1, 0.15) is 11.1 Å². The highest BCUT2D eigenvalue weighted by Crippen LogP contribution is 2.26. The Kier molecular flexibility index (Phi) is 3.33. The summed E-state index contributed by atoms with van der Waals surface area (Å²) in [6.07, 6.45) is 0.895. The van der Waals surface area contributed by atoms with Crippen molar-refractivity contribution in [2.75, 3.05) is 16.6 Å². The first-order valence-electron chi connectivity index (χ1n) is 6.61. The monoisotopic (exact) mass is 306 g/mol. The van der Waals surface area contributed by atoms with Gasteiger partial charge in [0.05, 0.1) is 10.6 Å². The number of halogens is 1. The van der Waals surface area contributed by atoms with E-state index in [-0.39, 0.29) is 10.6 Å². The molecule has 1 heterocycles. The fourth-order valence-electron chi connectivity index (χ4n) is 2.45. The number of rotatable bonds is 3. The van der Waals surface area contributed by atoms with Crippen molar-refractivity contribution in [1.82, 2.24) is 0 Å². The third-order valence-corrected chi connectivity index (χ3v) is 4.77. The van der Waals surface area contributed by atoms with Crippen molar-refractivity contribution in [1.29, 1.82) is 0 Å². The molecule has 0 aliphatic carbocycles. The molecule has 2 aromatic carbocycles. The van der Waals surface area contributed by atoms with Crippen LogP contribution in [-0.2, 0) is 16.4 Å². The molecule has 4 nitrogen and oxygen atoms in total. The van der Waals surface area contributed by atoms with Gasteiger partial charge in [-0.15, -0.1) is 0 Å². The highest BCUT2D eigenvalue weighted by molar-refractivity contribution is 7.92. The molecule has 21 heavy (non-hydrogen) atoms. The van der Waals surface area contributed by atoms with Crippen LogP contribution < -0.4 is 10.0 Å². The van der Waals surface area contributed by atoms with Crippen LogP contribution in [0.2, 0.25) is 0 Å². The van der Waals surface area contributed by atoms with E-state index in [1.165, 1.54) is 6.07 Å². The molecule has 0 saturated carbocycles. The Morgan fingerprint density at radius 3 is 2.76 bits per heavy atom. The smallest absolute Gasteiger partial charge is 0.261 e. The van der Waals surface area contributed by atoms with E-state index in [0.29, 0.717) is 5.56 Å². The van der Waals surface area contributed by atoms with Gasteiger partial charge in [0.2, 0.25) is 0 Å². The Bertz CT molecular complexity index is 783. The molecule has 0 bridgehead atoms. The molecule has 0 aromatic heterocycles. The summed E-state index contributed by atoms with van der Waals surface area (Å²) in [7, 11) is -3.73. The number of hydrogen-bond donors (Lipinski definition) is 2. The lowest BCUT2D eigenvalue weighted by Crippen LogP contribution is -2.13. The maximum absolute atomic E-state index is 13.3. The molecule has 1 aliphatic heterocycles. The molecule has 2 N–H and O–H groups in total. The van der Waals surface area contributed by atoms with Crippen molar-refractivity contribution in [2.24, 2.45) is 0 Å². The number of sulfonamides is 1. The molecule has 0 fully saturated rings. The zero-order valence-electron chi connectivity index (χ0n) is 11.5. The molecular formula is C15H15FN2O2S. The standard InChI is InChI=1S/C15H15FN2O2S/c1-10-6-12(16)8-13(7-10)18-21(19,20)14-3-2-11-4-5-17-15(11)9-14/h2-3,6-9,17-18H,4-5H2,1H3. The van der Waals surface area contributed by atoms with Crippen molar-refractivity contribution < 1.29 is 12.8 Å². The third kappa shape index (κ3) is 2.85. The second-order valence-corrected chi connectivity index (χ2v) is 6.80. The first kappa shape index (κ1) is 13.9. The van der Waals surface area contributed by atoms with Gasteiger partial charge >= 0.3 is 0 Å². The van der Waals surface area contributed by atoms with Crippen LogP contribution in [0.4, 0.5) is 15.8 Å². The summed E-state index contributed by atoms with van der Waals surface area (Å²) in [5, 5.41) is 3.14. The molecule has 0 unspecified atom stereocenters. The van der Waals surface area contributed by atoms with E-state index in [2.05, 4.69) is 10.0 Å². The largest absolute Gasteiger partial charge is 0.384 e. The predicted octanol–water partition coefficient (Wildman–Crippen LogP) is 2.90. The van der Waals surface area contributed by atoms with Gasteiger partial charge in [0, 0.05) is 12.2 Å². The molecule has 3 rings (SSSR count). The summed E-state index contributed by atoms with van der Waals surface area (Å²) in [6, 6.07) is 9.08. The lowest BCUT2D eigenvalue weighted by Gasteiger charge is -2.10. The van der Waals surface area contributed by atoms with Gasteiger partial charge in [-0.25, -0.2) is 12.8 Å². The number of aryl methyl sites for hydroxylation is 1. The number of anilines is 2. The Morgan fingerprint density at radius 2 is 2.00 bits per heavy atom. The van der Waals surface area contributed by atoms with E-state index in [1.54, 1.807) is 31.2 Å². The Morgan fingerprint density at radius 1 is 1.19 bits per heavy atom. The van der Waals surface area contributed by atoms with Crippen molar-refractivity contribution in [3.8, 4) is 0 Å². The Labute approximate surface area is 123 Å². The summed E-state index contributed by atoms with van der Waals surface area (Å²) >= 11 is 0. The second kappa shape index (κ2) is 5.04. The van der Waals surface area contributed by atoms with E-state index in [1.807, 2.05) is 0 Å². The van der Waals surface area contributed by atoms with E-state index in [9.17, 15) is 12.8 Å². The lowest BCUT2D eigenvalue weighted by molar-refractivity contribution is 0.601. The molecule has 0 radical (unpaired) electrons. The van der Waals surface area contributed by atoms with E-state index in [4.69, 9.17) is 0 Å². The third-order valence-electron chi connectivity index (χ3n) is 3.40. The van der Waals surface area contributed by atoms with Gasteiger partial charge in [-0.05, 0) is 54.8 Å². The molecule has 110 valence electrons. The summed E-state index contributed by atoms with van der Waals surface area (Å²) in [6.45, 7) is 2.52. The second-order valence-electron chi connectivity index (χ2n) is 5.12. The van der Waals surface area contributed by atoms with E-state index >= 15 is 0 Å². The SMILES string of the molecule is Cc1cc(F)cc(NS(=O)(=O)c2ccc3c(c2)NCC3)c1. The molecule has 0 saturated heterocycles. The Hall–Kier alpha value is -2.08. The van der Waals surface area contributed by atoms with Gasteiger partial charge in [0.25, 0.3) is 10.0 Å². The number of benzene rings is 2. The average Bonchev–Trinajstić information content (AvgIpc) is 2.83. The molecule has 0 spiro atoms. The summed E-state index contributed by atoms with van der Waals surface area (Å²) < 4.78 is 40.5. The predicted molar refractivity (Wildman–Crippen MR) is 80.6 cm³/mol. The highest BCUT2D eigenvalue weighted by Gasteiger charge is 2.18. The molecule has 6 heteroatoms. The maximum Gasteiger partial charge on any atom is 0.261 e. The van der Waals surface area contributed by atoms with Gasteiger partial charge < -0.3 is 5.32 Å². The minimum absolute atomic E-state index is 0.164. The fourth-order valence-corrected chi connectivity index (χ4v) is 3.51. The van der Waals surface area contributed by atoms with Crippen LogP contribution in [-0.4, -0.2) is 15.0 Å². The highest BCUT2D eigenvalue weighted by atomic mass is 32.2. The van der Waals surface area contributed by atoms with Crippen molar-refractivity contribution in [3.05, 3.63) is 53.3 Å². The van der Waals surface area contributed by atoms with E-state index < -0.39 is 15.8 Å². The number of hydrogen-bond acceptors (Lipinski definition) is 3. The summed E-state index contributed by atoms with van der Waals surface area (Å²) in [4.78, 5) is 0.164. The normalized spacial score (nSPS) is 13.6. The van der Waals surface area contributed by atoms with Gasteiger partial charge in [-0.1, -0.05) is 6.07 Å². The topological polar surface area (TPSA) is 58.2 Å². The van der Waals surface area contributed by atoms with Crippen LogP contribution in [0, 0.1) is 12.7 Å². The molecular weight excluding hydrogens is 291 g/mol. The molecule has 1 aliphatic rings. The van der Waals surface area contributed by atoms with Crippen LogP contribution in [0.5, 0.6) is 0 Å². The fraction of sp³-hybridized carbons (Fsp3) is 0.200. The van der Waals surface area contributed by atoms with Gasteiger partial charge in [-0.3, -0.25) is 4.72 Å². The molecule has 0 amide bonds. The maximum atomic E-state index is 13.3. The van der Waals surface area contributed by atoms with E-state index in [0.717, 1.165) is 30.3 Å². The zero-order chi connectivity index (χ0) is 15.0. The minimum atomic E-state index is -3.73. The van der Waals surface area contributed by atoms with Crippen LogP contribution in [0.15, 0.2) is 41.3 Å². The van der Waals surface area contributed by atoms with Crippen LogP contribution >= 0.6 is 0 Å². The Balaban J connectivity index is 1.93. The van der Waals surface area contributed by atoms with Crippen molar-refractivity contribution >= 4 is 21.4 Å². The van der Waals surface area contributed by atoms with Crippen LogP contribution in [0.3, 0.4) is 0 Å². The first-order chi connectivity index (χ1) is 9.94. The molecule has 0 atom stereocenters. The summed E-state index contributed by atoms with van der Waals surface area (Å²) in [5.74, 6) is -0.469. The average molecular weight is 306 g/mol. The first-order valence-corrected chi connectivity index (χ1v) is 8.09.